The van der Waals surface area contributed by atoms with Gasteiger partial charge in [-0.15, -0.1) is 42.3 Å². The molecule has 0 amide bonds. The molecule has 2 N–H and O–H groups in total. The molecule has 8 nitrogen and oxygen atoms in total. The third-order valence-electron chi connectivity index (χ3n) is 5.42. The predicted molar refractivity (Wildman–Crippen MR) is 119 cm³/mol. The van der Waals surface area contributed by atoms with Gasteiger partial charge in [0.2, 0.25) is 0 Å². The van der Waals surface area contributed by atoms with E-state index in [1.807, 2.05) is 11.0 Å². The topological polar surface area (TPSA) is 77.2 Å². The van der Waals surface area contributed by atoms with Crippen molar-refractivity contribution in [2.45, 2.75) is 44.6 Å². The largest absolute Gasteiger partial charge is 0.367 e. The maximum atomic E-state index is 12.2. The van der Waals surface area contributed by atoms with Crippen LogP contribution in [-0.2, 0) is 14.4 Å². The summed E-state index contributed by atoms with van der Waals surface area (Å²) in [6.07, 6.45) is 5.74. The number of carbonyl (C=O) groups is 1. The number of halogens is 3. The molecular formula is C18H34Cl3N5O3. The first-order valence-electron chi connectivity index (χ1n) is 9.90. The van der Waals surface area contributed by atoms with Gasteiger partial charge in [-0.1, -0.05) is 6.42 Å². The SMILES string of the molecule is Cl.Cl.Cl.O=C=C(CC(=O)ON1CCN(C2CCNCC2)CC1)NN1CCCCC1. The van der Waals surface area contributed by atoms with Crippen LogP contribution in [0.5, 0.6) is 0 Å². The standard InChI is InChI=1S/C18H31N5O3.3ClH/c24-15-16(20-22-8-2-1-3-9-22)14-18(25)26-23-12-10-21(11-13-23)17-4-6-19-7-5-17;;;/h17,19-20H,1-14H2;3*1H. The van der Waals surface area contributed by atoms with Crippen molar-refractivity contribution in [1.82, 2.24) is 25.7 Å². The fourth-order valence-corrected chi connectivity index (χ4v) is 3.95. The molecule has 0 aromatic heterocycles. The number of piperidine rings is 2. The number of hydrogen-bond acceptors (Lipinski definition) is 8. The monoisotopic (exact) mass is 473 g/mol. The maximum Gasteiger partial charge on any atom is 0.331 e. The number of rotatable bonds is 6. The highest BCUT2D eigenvalue weighted by molar-refractivity contribution is 5.86. The third kappa shape index (κ3) is 9.40. The minimum atomic E-state index is -0.400. The Morgan fingerprint density at radius 2 is 1.59 bits per heavy atom. The van der Waals surface area contributed by atoms with Crippen LogP contribution in [-0.4, -0.2) is 85.3 Å². The van der Waals surface area contributed by atoms with E-state index in [1.54, 1.807) is 5.06 Å². The zero-order chi connectivity index (χ0) is 18.2. The minimum absolute atomic E-state index is 0. The van der Waals surface area contributed by atoms with Gasteiger partial charge in [-0.2, -0.15) is 0 Å². The van der Waals surface area contributed by atoms with Gasteiger partial charge < -0.3 is 15.6 Å². The summed E-state index contributed by atoms with van der Waals surface area (Å²) in [5.41, 5.74) is 3.27. The summed E-state index contributed by atoms with van der Waals surface area (Å²) < 4.78 is 0. The second-order valence-corrected chi connectivity index (χ2v) is 7.33. The van der Waals surface area contributed by atoms with Gasteiger partial charge in [0.15, 0.2) is 0 Å². The number of hydrogen-bond donors (Lipinski definition) is 2. The van der Waals surface area contributed by atoms with E-state index in [-0.39, 0.29) is 49.3 Å². The Kier molecular flexibility index (Phi) is 15.0. The van der Waals surface area contributed by atoms with Crippen molar-refractivity contribution in [3.8, 4) is 0 Å². The number of hydrazine groups is 1. The van der Waals surface area contributed by atoms with Crippen molar-refractivity contribution in [3.63, 3.8) is 0 Å². The average molecular weight is 475 g/mol. The highest BCUT2D eigenvalue weighted by Gasteiger charge is 2.27. The third-order valence-corrected chi connectivity index (χ3v) is 5.42. The van der Waals surface area contributed by atoms with E-state index >= 15 is 0 Å². The maximum absolute atomic E-state index is 12.2. The zero-order valence-corrected chi connectivity index (χ0v) is 19.2. The molecule has 0 atom stereocenters. The number of carbonyl (C=O) groups excluding carboxylic acids is 2. The van der Waals surface area contributed by atoms with Gasteiger partial charge in [-0.05, 0) is 38.8 Å². The van der Waals surface area contributed by atoms with Crippen LogP contribution in [0.4, 0.5) is 0 Å². The molecular weight excluding hydrogens is 441 g/mol. The van der Waals surface area contributed by atoms with Crippen molar-refractivity contribution in [3.05, 3.63) is 5.70 Å². The first kappa shape index (κ1) is 28.4. The fraction of sp³-hybridized carbons (Fsp3) is 0.833. The van der Waals surface area contributed by atoms with E-state index in [1.165, 1.54) is 19.3 Å². The lowest BCUT2D eigenvalue weighted by Crippen LogP contribution is -2.53. The second kappa shape index (κ2) is 15.3. The zero-order valence-electron chi connectivity index (χ0n) is 16.8. The van der Waals surface area contributed by atoms with E-state index in [2.05, 4.69) is 15.6 Å². The van der Waals surface area contributed by atoms with E-state index < -0.39 is 5.97 Å². The molecule has 0 saturated carbocycles. The molecule has 3 rings (SSSR count). The van der Waals surface area contributed by atoms with Crippen LogP contribution in [0.3, 0.4) is 0 Å². The Bertz CT molecular complexity index is 517. The van der Waals surface area contributed by atoms with E-state index in [0.717, 1.165) is 65.2 Å². The Hall–Kier alpha value is -0.570. The number of nitrogens with zero attached hydrogens (tertiary/aromatic N) is 3. The molecule has 3 fully saturated rings. The van der Waals surface area contributed by atoms with E-state index in [4.69, 9.17) is 4.84 Å². The summed E-state index contributed by atoms with van der Waals surface area (Å²) in [5, 5.41) is 7.10. The lowest BCUT2D eigenvalue weighted by molar-refractivity contribution is -0.198. The van der Waals surface area contributed by atoms with Crippen molar-refractivity contribution in [1.29, 1.82) is 0 Å². The summed E-state index contributed by atoms with van der Waals surface area (Å²) in [7, 11) is 0. The summed E-state index contributed by atoms with van der Waals surface area (Å²) in [6, 6.07) is 0.646. The Morgan fingerprint density at radius 3 is 2.17 bits per heavy atom. The summed E-state index contributed by atoms with van der Waals surface area (Å²) >= 11 is 0. The van der Waals surface area contributed by atoms with Crippen molar-refractivity contribution in [2.75, 3.05) is 52.4 Å². The molecule has 170 valence electrons. The Balaban J connectivity index is 0.00000261. The average Bonchev–Trinajstić information content (AvgIpc) is 2.69. The quantitative estimate of drug-likeness (QED) is 0.556. The van der Waals surface area contributed by atoms with Gasteiger partial charge in [0, 0.05) is 45.3 Å². The van der Waals surface area contributed by atoms with E-state index in [9.17, 15) is 9.59 Å². The van der Waals surface area contributed by atoms with Gasteiger partial charge in [-0.3, -0.25) is 4.90 Å². The highest BCUT2D eigenvalue weighted by atomic mass is 35.5. The van der Waals surface area contributed by atoms with Crippen molar-refractivity contribution in [2.24, 2.45) is 0 Å². The van der Waals surface area contributed by atoms with E-state index in [0.29, 0.717) is 6.04 Å². The van der Waals surface area contributed by atoms with Gasteiger partial charge in [0.05, 0.1) is 6.42 Å². The van der Waals surface area contributed by atoms with Crippen LogP contribution < -0.4 is 10.7 Å². The smallest absolute Gasteiger partial charge is 0.331 e. The summed E-state index contributed by atoms with van der Waals surface area (Å²) in [4.78, 5) is 31.2. The predicted octanol–water partition coefficient (Wildman–Crippen LogP) is 1.18. The molecule has 3 aliphatic rings. The first-order chi connectivity index (χ1) is 12.7. The van der Waals surface area contributed by atoms with Crippen LogP contribution in [0.2, 0.25) is 0 Å². The number of piperazine rings is 1. The van der Waals surface area contributed by atoms with Gasteiger partial charge >= 0.3 is 5.97 Å². The van der Waals surface area contributed by atoms with Crippen LogP contribution in [0, 0.1) is 0 Å². The molecule has 29 heavy (non-hydrogen) atoms. The molecule has 3 saturated heterocycles. The summed E-state index contributed by atoms with van der Waals surface area (Å²) in [6.45, 7) is 7.22. The van der Waals surface area contributed by atoms with Gasteiger partial charge in [-0.25, -0.2) is 14.6 Å². The molecule has 0 unspecified atom stereocenters. The molecule has 0 aliphatic carbocycles. The second-order valence-electron chi connectivity index (χ2n) is 7.33. The molecule has 0 aromatic carbocycles. The number of nitrogens with one attached hydrogen (secondary N) is 2. The van der Waals surface area contributed by atoms with Crippen LogP contribution in [0.25, 0.3) is 0 Å². The fourth-order valence-electron chi connectivity index (χ4n) is 3.95. The molecule has 0 spiro atoms. The molecule has 0 radical (unpaired) electrons. The molecule has 11 heteroatoms. The molecule has 0 bridgehead atoms. The molecule has 3 aliphatic heterocycles. The lowest BCUT2D eigenvalue weighted by Gasteiger charge is -2.39. The van der Waals surface area contributed by atoms with Gasteiger partial charge in [0.25, 0.3) is 0 Å². The van der Waals surface area contributed by atoms with Crippen LogP contribution in [0.15, 0.2) is 5.70 Å². The highest BCUT2D eigenvalue weighted by Crippen LogP contribution is 2.15. The Morgan fingerprint density at radius 1 is 0.966 bits per heavy atom. The lowest BCUT2D eigenvalue weighted by atomic mass is 10.0. The molecule has 3 heterocycles. The van der Waals surface area contributed by atoms with Gasteiger partial charge in [0.1, 0.15) is 11.6 Å². The minimum Gasteiger partial charge on any atom is -0.367 e. The van der Waals surface area contributed by atoms with Crippen LogP contribution >= 0.6 is 37.2 Å². The normalized spacial score (nSPS) is 21.5. The number of hydroxylamine groups is 2. The first-order valence-corrected chi connectivity index (χ1v) is 9.90. The molecule has 0 aromatic rings. The summed E-state index contributed by atoms with van der Waals surface area (Å²) in [5.74, 6) is 1.45. The Labute approximate surface area is 191 Å². The van der Waals surface area contributed by atoms with Crippen LogP contribution in [0.1, 0.15) is 38.5 Å². The van der Waals surface area contributed by atoms with Crippen molar-refractivity contribution >= 4 is 49.1 Å². The van der Waals surface area contributed by atoms with Crippen molar-refractivity contribution < 1.29 is 14.4 Å².